The molecule has 1 fully saturated rings. The number of likely N-dealkylation sites (tertiary alicyclic amines) is 1. The Kier molecular flexibility index (Phi) is 14.3. The topological polar surface area (TPSA) is 79.4 Å². The van der Waals surface area contributed by atoms with Crippen molar-refractivity contribution < 1.29 is 22.7 Å². The summed E-state index contributed by atoms with van der Waals surface area (Å²) in [5.74, 6) is 1.33. The van der Waals surface area contributed by atoms with Gasteiger partial charge in [-0.15, -0.1) is 6.58 Å². The van der Waals surface area contributed by atoms with E-state index < -0.39 is 10.0 Å². The molecule has 2 aliphatic rings. The van der Waals surface area contributed by atoms with E-state index in [4.69, 9.17) is 9.47 Å². The molecule has 0 saturated carbocycles. The van der Waals surface area contributed by atoms with Crippen LogP contribution in [0.5, 0.6) is 5.75 Å². The molecule has 0 spiro atoms. The molecule has 0 amide bonds. The molecular weight excluding hydrogens is 619 g/mol. The number of fused-ring (bicyclic) bond motifs is 2. The Hall–Kier alpha value is -2.53. The fraction of sp³-hybridized carbons (Fsp3) is 0.583. The van der Waals surface area contributed by atoms with Crippen molar-refractivity contribution in [2.45, 2.75) is 91.7 Å². The zero-order valence-electron chi connectivity index (χ0n) is 28.0. The van der Waals surface area contributed by atoms with Crippen molar-refractivity contribution in [3.05, 3.63) is 49.1 Å². The van der Waals surface area contributed by atoms with E-state index in [1.165, 1.54) is 41.8 Å². The van der Waals surface area contributed by atoms with Crippen molar-refractivity contribution in [2.75, 3.05) is 58.9 Å². The summed E-state index contributed by atoms with van der Waals surface area (Å²) in [4.78, 5) is 19.1. The Morgan fingerprint density at radius 3 is 2.46 bits per heavy atom. The average molecular weight is 672 g/mol. The highest BCUT2D eigenvalue weighted by molar-refractivity contribution is 8.00. The maximum atomic E-state index is 13.2. The zero-order chi connectivity index (χ0) is 32.9. The number of methoxy groups -OCH3 is 1. The summed E-state index contributed by atoms with van der Waals surface area (Å²) in [5.41, 5.74) is 1.96. The number of hydrogen-bond acceptors (Lipinski definition) is 8. The summed E-state index contributed by atoms with van der Waals surface area (Å²) < 4.78 is 38.8. The number of sulfonamides is 1. The lowest BCUT2D eigenvalue weighted by atomic mass is 9.94. The van der Waals surface area contributed by atoms with Crippen LogP contribution >= 0.6 is 11.8 Å². The first-order valence-corrected chi connectivity index (χ1v) is 19.2. The quantitative estimate of drug-likeness (QED) is 0.0848. The van der Waals surface area contributed by atoms with E-state index in [-0.39, 0.29) is 5.97 Å². The molecule has 2 heterocycles. The highest BCUT2D eigenvalue weighted by Gasteiger charge is 2.31. The predicted octanol–water partition coefficient (Wildman–Crippen LogP) is 7.89. The molecule has 0 aromatic heterocycles. The summed E-state index contributed by atoms with van der Waals surface area (Å²) in [5, 5.41) is 0. The van der Waals surface area contributed by atoms with Crippen molar-refractivity contribution in [1.82, 2.24) is 9.21 Å². The van der Waals surface area contributed by atoms with Crippen LogP contribution in [0.25, 0.3) is 0 Å². The molecule has 0 bridgehead atoms. The van der Waals surface area contributed by atoms with E-state index in [9.17, 15) is 13.2 Å². The van der Waals surface area contributed by atoms with E-state index in [2.05, 4.69) is 16.4 Å². The minimum Gasteiger partial charge on any atom is -0.497 e. The molecular formula is C36H53N3O5S2. The number of nitrogens with zero attached hydrogens (tertiary/aromatic N) is 3. The molecule has 8 nitrogen and oxygen atoms in total. The van der Waals surface area contributed by atoms with Gasteiger partial charge in [0.2, 0.25) is 10.0 Å². The Morgan fingerprint density at radius 2 is 1.74 bits per heavy atom. The molecule has 0 radical (unpaired) electrons. The maximum Gasteiger partial charge on any atom is 0.305 e. The van der Waals surface area contributed by atoms with E-state index in [1.807, 2.05) is 36.4 Å². The standard InChI is InChI=1S/C36H53N3O5S2/c1-5-6-7-8-9-10-11-12-17-35(40)44-27-22-29-20-25-38(26-21-29)23-14-24-39-31-15-13-16-34(46(41,42)37(2)3)36(31)45-33-19-18-30(43-4)28-32(33)39/h5,13,15-16,18-19,28-29H,1,6-12,14,17,20-27H2,2-4H3. The molecule has 0 unspecified atom stereocenters. The van der Waals surface area contributed by atoms with Crippen LogP contribution in [0.2, 0.25) is 0 Å². The van der Waals surface area contributed by atoms with Gasteiger partial charge in [0.15, 0.2) is 0 Å². The van der Waals surface area contributed by atoms with Crippen molar-refractivity contribution in [2.24, 2.45) is 5.92 Å². The average Bonchev–Trinajstić information content (AvgIpc) is 3.05. The van der Waals surface area contributed by atoms with E-state index in [0.717, 1.165) is 98.0 Å². The lowest BCUT2D eigenvalue weighted by molar-refractivity contribution is -0.144. The van der Waals surface area contributed by atoms with E-state index in [0.29, 0.717) is 23.8 Å². The third-order valence-electron chi connectivity index (χ3n) is 9.07. The SMILES string of the molecule is C=CCCCCCCCCC(=O)OCCC1CCN(CCCN2c3cc(OC)ccc3Sc3c2cccc3S(=O)(=O)N(C)C)CC1. The van der Waals surface area contributed by atoms with Crippen molar-refractivity contribution in [3.8, 4) is 5.75 Å². The summed E-state index contributed by atoms with van der Waals surface area (Å²) in [6.45, 7) is 8.14. The van der Waals surface area contributed by atoms with Gasteiger partial charge in [0.1, 0.15) is 5.75 Å². The van der Waals surface area contributed by atoms with Crippen molar-refractivity contribution in [1.29, 1.82) is 0 Å². The van der Waals surface area contributed by atoms with Gasteiger partial charge in [0, 0.05) is 38.0 Å². The number of unbranched alkanes of at least 4 members (excludes halogenated alkanes) is 6. The zero-order valence-corrected chi connectivity index (χ0v) is 29.7. The Bertz CT molecular complexity index is 1390. The monoisotopic (exact) mass is 671 g/mol. The maximum absolute atomic E-state index is 13.2. The summed E-state index contributed by atoms with van der Waals surface area (Å²) in [6.07, 6.45) is 14.7. The Morgan fingerprint density at radius 1 is 1.00 bits per heavy atom. The first-order chi connectivity index (χ1) is 22.2. The Labute approximate surface area is 281 Å². The minimum atomic E-state index is -3.60. The largest absolute Gasteiger partial charge is 0.497 e. The molecule has 0 N–H and O–H groups in total. The van der Waals surface area contributed by atoms with Crippen LogP contribution in [0.1, 0.15) is 77.0 Å². The van der Waals surface area contributed by atoms with Crippen LogP contribution in [0.3, 0.4) is 0 Å². The highest BCUT2D eigenvalue weighted by atomic mass is 32.2. The number of rotatable bonds is 19. The second-order valence-corrected chi connectivity index (χ2v) is 15.7. The number of allylic oxidation sites excluding steroid dienone is 1. The number of esters is 1. The smallest absolute Gasteiger partial charge is 0.305 e. The summed E-state index contributed by atoms with van der Waals surface area (Å²) in [6, 6.07) is 11.5. The molecule has 2 aromatic rings. The van der Waals surface area contributed by atoms with Gasteiger partial charge < -0.3 is 19.3 Å². The van der Waals surface area contributed by atoms with Gasteiger partial charge >= 0.3 is 5.97 Å². The van der Waals surface area contributed by atoms with Crippen molar-refractivity contribution >= 4 is 39.1 Å². The second-order valence-electron chi connectivity index (χ2n) is 12.6. The summed E-state index contributed by atoms with van der Waals surface area (Å²) in [7, 11) is 1.22. The summed E-state index contributed by atoms with van der Waals surface area (Å²) >= 11 is 1.51. The molecule has 0 atom stereocenters. The molecule has 2 aromatic carbocycles. The number of piperidine rings is 1. The second kappa shape index (κ2) is 18.1. The fourth-order valence-electron chi connectivity index (χ4n) is 6.25. The Balaban J connectivity index is 1.22. The number of benzene rings is 2. The van der Waals surface area contributed by atoms with Crippen molar-refractivity contribution in [3.63, 3.8) is 0 Å². The van der Waals surface area contributed by atoms with Gasteiger partial charge in [-0.1, -0.05) is 49.6 Å². The normalized spacial score (nSPS) is 15.4. The van der Waals surface area contributed by atoms with Gasteiger partial charge in [-0.3, -0.25) is 4.79 Å². The molecule has 1 saturated heterocycles. The molecule has 46 heavy (non-hydrogen) atoms. The third kappa shape index (κ3) is 9.99. The molecule has 0 aliphatic carbocycles. The third-order valence-corrected chi connectivity index (χ3v) is 12.3. The van der Waals surface area contributed by atoms with Gasteiger partial charge in [-0.2, -0.15) is 0 Å². The first-order valence-electron chi connectivity index (χ1n) is 16.9. The minimum absolute atomic E-state index is 0.0487. The molecule has 254 valence electrons. The number of carbonyl (C=O) groups excluding carboxylic acids is 1. The lowest BCUT2D eigenvalue weighted by Gasteiger charge is -2.36. The number of anilines is 2. The molecule has 4 rings (SSSR count). The van der Waals surface area contributed by atoms with Crippen LogP contribution in [-0.4, -0.2) is 77.6 Å². The van der Waals surface area contributed by atoms with Crippen LogP contribution in [0.15, 0.2) is 63.7 Å². The first kappa shape index (κ1) is 36.3. The van der Waals surface area contributed by atoms with E-state index >= 15 is 0 Å². The lowest BCUT2D eigenvalue weighted by Crippen LogP contribution is -2.36. The van der Waals surface area contributed by atoms with Crippen LogP contribution in [-0.2, 0) is 19.6 Å². The number of ether oxygens (including phenoxy) is 2. The van der Waals surface area contributed by atoms with Crippen LogP contribution in [0, 0.1) is 5.92 Å². The number of carbonyl (C=O) groups is 1. The van der Waals surface area contributed by atoms with Crippen LogP contribution < -0.4 is 9.64 Å². The molecule has 2 aliphatic heterocycles. The van der Waals surface area contributed by atoms with Gasteiger partial charge in [0.05, 0.1) is 34.9 Å². The van der Waals surface area contributed by atoms with Gasteiger partial charge in [-0.25, -0.2) is 12.7 Å². The van der Waals surface area contributed by atoms with Crippen LogP contribution in [0.4, 0.5) is 11.4 Å². The van der Waals surface area contributed by atoms with E-state index in [1.54, 1.807) is 27.3 Å². The highest BCUT2D eigenvalue weighted by Crippen LogP contribution is 2.51. The molecule has 10 heteroatoms. The van der Waals surface area contributed by atoms with Gasteiger partial charge in [-0.05, 0) is 94.8 Å². The predicted molar refractivity (Wildman–Crippen MR) is 188 cm³/mol. The number of hydrogen-bond donors (Lipinski definition) is 0. The fourth-order valence-corrected chi connectivity index (χ4v) is 8.75. The van der Waals surface area contributed by atoms with Gasteiger partial charge in [0.25, 0.3) is 0 Å².